The van der Waals surface area contributed by atoms with Crippen molar-refractivity contribution < 1.29 is 66.5 Å². The van der Waals surface area contributed by atoms with Crippen molar-refractivity contribution in [3.63, 3.8) is 0 Å². The van der Waals surface area contributed by atoms with E-state index in [1.807, 2.05) is 37.3 Å². The third kappa shape index (κ3) is 35.0. The van der Waals surface area contributed by atoms with E-state index in [9.17, 15) is 19.2 Å². The first-order valence-electron chi connectivity index (χ1n) is 22.8. The Hall–Kier alpha value is -3.38. The van der Waals surface area contributed by atoms with Crippen LogP contribution in [-0.4, -0.2) is 188 Å². The van der Waals surface area contributed by atoms with Crippen molar-refractivity contribution in [2.75, 3.05) is 159 Å². The summed E-state index contributed by atoms with van der Waals surface area (Å²) in [6.45, 7) is 10.3. The second-order valence-electron chi connectivity index (χ2n) is 14.5. The lowest BCUT2D eigenvalue weighted by molar-refractivity contribution is -0.127. The molecule has 1 aromatic carbocycles. The first kappa shape index (κ1) is 56.7. The highest BCUT2D eigenvalue weighted by atomic mass is 16.6. The van der Waals surface area contributed by atoms with E-state index >= 15 is 0 Å². The number of hydrogen-bond donors (Lipinski definition) is 6. The van der Waals surface area contributed by atoms with Crippen molar-refractivity contribution >= 4 is 23.6 Å². The summed E-state index contributed by atoms with van der Waals surface area (Å²) in [7, 11) is 0. The van der Waals surface area contributed by atoms with Crippen LogP contribution in [0.25, 0.3) is 0 Å². The Kier molecular flexibility index (Phi) is 37.5. The molecule has 0 unspecified atom stereocenters. The van der Waals surface area contributed by atoms with Crippen LogP contribution in [0, 0.1) is 5.92 Å². The number of carbonyl (C=O) groups is 4. The molecule has 1 saturated carbocycles. The fraction of sp³-hybridized carbons (Fsp3) is 0.773. The summed E-state index contributed by atoms with van der Waals surface area (Å²) >= 11 is 0. The first-order chi connectivity index (χ1) is 31.5. The molecule has 0 saturated heterocycles. The summed E-state index contributed by atoms with van der Waals surface area (Å²) in [5, 5.41) is 17.1. The molecule has 0 aliphatic heterocycles. The average Bonchev–Trinajstić information content (AvgIpc) is 3.31. The zero-order chi connectivity index (χ0) is 45.8. The van der Waals surface area contributed by atoms with Crippen LogP contribution in [0.3, 0.4) is 0 Å². The van der Waals surface area contributed by atoms with Crippen LogP contribution >= 0.6 is 0 Å². The van der Waals surface area contributed by atoms with Crippen LogP contribution in [0.15, 0.2) is 30.3 Å². The van der Waals surface area contributed by atoms with Crippen molar-refractivity contribution in [1.82, 2.24) is 31.9 Å². The summed E-state index contributed by atoms with van der Waals surface area (Å²) in [5.41, 5.74) is 1.12. The summed E-state index contributed by atoms with van der Waals surface area (Å²) in [5.74, 6) is -0.533. The predicted molar refractivity (Wildman–Crippen MR) is 237 cm³/mol. The van der Waals surface area contributed by atoms with Gasteiger partial charge in [-0.15, -0.1) is 0 Å². The standard InChI is InChI=1S/C44H78N6O14/c1-2-55-37-49-41(51)34-47-40(14-13-38-9-5-3-6-10-38)50-42(52)33-45-36-48-43(53)35-64-32-31-63-30-29-62-28-27-61-26-25-60-24-23-59-22-21-58-20-19-57-18-17-56-16-15-46-44(54)39-11-7-4-8-12-39/h3,5-6,9-10,39-40,45,47H,2,4,7-8,11-37H2,1H3,(H,46,54)(H,48,53)(H,49,51)(H,50,52)/t40-/m0/s1. The molecule has 20 heteroatoms. The molecule has 0 aromatic heterocycles. The van der Waals surface area contributed by atoms with Gasteiger partial charge in [0.05, 0.1) is 138 Å². The average molecular weight is 915 g/mol. The maximum absolute atomic E-state index is 12.6. The number of carbonyl (C=O) groups excluding carboxylic acids is 4. The highest BCUT2D eigenvalue weighted by Gasteiger charge is 2.20. The molecule has 368 valence electrons. The lowest BCUT2D eigenvalue weighted by Crippen LogP contribution is -2.51. The molecule has 0 radical (unpaired) electrons. The summed E-state index contributed by atoms with van der Waals surface area (Å²) in [6, 6.07) is 9.86. The van der Waals surface area contributed by atoms with E-state index in [1.165, 1.54) is 6.42 Å². The molecule has 2 rings (SSSR count). The number of nitrogens with one attached hydrogen (secondary N) is 6. The molecule has 1 aliphatic rings. The summed E-state index contributed by atoms with van der Waals surface area (Å²) in [6.07, 6.45) is 6.38. The Labute approximate surface area is 379 Å². The van der Waals surface area contributed by atoms with Gasteiger partial charge in [0.15, 0.2) is 0 Å². The van der Waals surface area contributed by atoms with Gasteiger partial charge in [0, 0.05) is 19.1 Å². The lowest BCUT2D eigenvalue weighted by Gasteiger charge is -2.20. The van der Waals surface area contributed by atoms with Crippen LogP contribution in [0.2, 0.25) is 0 Å². The zero-order valence-electron chi connectivity index (χ0n) is 38.2. The van der Waals surface area contributed by atoms with Crippen LogP contribution in [0.5, 0.6) is 0 Å². The number of hydrogen-bond acceptors (Lipinski definition) is 16. The lowest BCUT2D eigenvalue weighted by atomic mass is 9.89. The van der Waals surface area contributed by atoms with Gasteiger partial charge in [-0.05, 0) is 38.2 Å². The fourth-order valence-corrected chi connectivity index (χ4v) is 6.01. The van der Waals surface area contributed by atoms with Crippen molar-refractivity contribution in [2.45, 2.75) is 58.0 Å². The molecule has 4 amide bonds. The van der Waals surface area contributed by atoms with Crippen LogP contribution in [0.1, 0.15) is 51.0 Å². The molecular formula is C44H78N6O14. The minimum absolute atomic E-state index is 0.0165. The Bertz CT molecular complexity index is 1280. The van der Waals surface area contributed by atoms with Crippen molar-refractivity contribution in [1.29, 1.82) is 0 Å². The molecule has 0 bridgehead atoms. The van der Waals surface area contributed by atoms with Crippen LogP contribution in [-0.2, 0) is 73.0 Å². The Morgan fingerprint density at radius 3 is 1.61 bits per heavy atom. The quantitative estimate of drug-likeness (QED) is 0.0381. The molecule has 1 fully saturated rings. The van der Waals surface area contributed by atoms with Gasteiger partial charge < -0.3 is 68.6 Å². The number of benzene rings is 1. The zero-order valence-corrected chi connectivity index (χ0v) is 38.2. The maximum Gasteiger partial charge on any atom is 0.246 e. The van der Waals surface area contributed by atoms with Crippen LogP contribution < -0.4 is 31.9 Å². The van der Waals surface area contributed by atoms with Crippen molar-refractivity contribution in [3.05, 3.63) is 35.9 Å². The highest BCUT2D eigenvalue weighted by molar-refractivity contribution is 5.80. The van der Waals surface area contributed by atoms with Gasteiger partial charge in [0.1, 0.15) is 13.3 Å². The van der Waals surface area contributed by atoms with Crippen LogP contribution in [0.4, 0.5) is 0 Å². The van der Waals surface area contributed by atoms with E-state index < -0.39 is 6.17 Å². The topological polar surface area (TPSA) is 233 Å². The predicted octanol–water partition coefficient (Wildman–Crippen LogP) is 0.271. The second kappa shape index (κ2) is 42.3. The first-order valence-corrected chi connectivity index (χ1v) is 22.8. The van der Waals surface area contributed by atoms with E-state index in [2.05, 4.69) is 31.9 Å². The summed E-state index contributed by atoms with van der Waals surface area (Å²) < 4.78 is 54.4. The number of aryl methyl sites for hydroxylation is 1. The molecule has 6 N–H and O–H groups in total. The van der Waals surface area contributed by atoms with Gasteiger partial charge in [-0.25, -0.2) is 0 Å². The minimum Gasteiger partial charge on any atom is -0.377 e. The Morgan fingerprint density at radius 1 is 0.562 bits per heavy atom. The molecule has 1 aliphatic carbocycles. The molecule has 20 nitrogen and oxygen atoms in total. The van der Waals surface area contributed by atoms with Crippen molar-refractivity contribution in [3.8, 4) is 0 Å². The van der Waals surface area contributed by atoms with E-state index in [4.69, 9.17) is 47.4 Å². The van der Waals surface area contributed by atoms with Gasteiger partial charge in [-0.3, -0.25) is 29.8 Å². The van der Waals surface area contributed by atoms with Crippen molar-refractivity contribution in [2.24, 2.45) is 5.92 Å². The Balaban J connectivity index is 1.27. The largest absolute Gasteiger partial charge is 0.377 e. The van der Waals surface area contributed by atoms with E-state index in [-0.39, 0.29) is 69.2 Å². The van der Waals surface area contributed by atoms with Gasteiger partial charge in [-0.1, -0.05) is 49.6 Å². The minimum atomic E-state index is -0.438. The smallest absolute Gasteiger partial charge is 0.246 e. The number of amides is 4. The summed E-state index contributed by atoms with van der Waals surface area (Å²) in [4.78, 5) is 48.8. The molecule has 0 spiro atoms. The molecule has 1 aromatic rings. The van der Waals surface area contributed by atoms with E-state index in [0.717, 1.165) is 31.2 Å². The number of rotatable bonds is 44. The number of ether oxygens (including phenoxy) is 10. The molecule has 0 heterocycles. The fourth-order valence-electron chi connectivity index (χ4n) is 6.01. The SMILES string of the molecule is CCOCNC(=O)CN[C@H](CCc1ccccc1)NC(=O)CNCNC(=O)COCCOCCOCCOCCOCCOCCOCCOCCOCCNC(=O)C1CCCCC1. The third-order valence-electron chi connectivity index (χ3n) is 9.41. The molecular weight excluding hydrogens is 837 g/mol. The molecule has 64 heavy (non-hydrogen) atoms. The van der Waals surface area contributed by atoms with E-state index in [1.54, 1.807) is 0 Å². The van der Waals surface area contributed by atoms with E-state index in [0.29, 0.717) is 132 Å². The van der Waals surface area contributed by atoms with Gasteiger partial charge in [0.2, 0.25) is 23.6 Å². The normalized spacial score (nSPS) is 13.4. The van der Waals surface area contributed by atoms with Gasteiger partial charge >= 0.3 is 0 Å². The monoisotopic (exact) mass is 915 g/mol. The molecule has 1 atom stereocenters. The van der Waals surface area contributed by atoms with Gasteiger partial charge in [-0.2, -0.15) is 0 Å². The Morgan fingerprint density at radius 2 is 1.08 bits per heavy atom. The maximum atomic E-state index is 12.6. The van der Waals surface area contributed by atoms with Gasteiger partial charge in [0.25, 0.3) is 0 Å². The highest BCUT2D eigenvalue weighted by Crippen LogP contribution is 2.23. The second-order valence-corrected chi connectivity index (χ2v) is 14.5. The third-order valence-corrected chi connectivity index (χ3v) is 9.41.